The SMILES string of the molecule is COC(=O)/C=C/c1ccc(OC(=O)CCc2ccc3c(c2)OCO3)c(OC)c1. The van der Waals surface area contributed by atoms with E-state index in [9.17, 15) is 9.59 Å². The second-order valence-corrected chi connectivity index (χ2v) is 5.93. The molecule has 0 bridgehead atoms. The van der Waals surface area contributed by atoms with E-state index in [1.165, 1.54) is 20.3 Å². The molecule has 0 amide bonds. The van der Waals surface area contributed by atoms with E-state index < -0.39 is 5.97 Å². The second-order valence-electron chi connectivity index (χ2n) is 5.93. The Bertz CT molecular complexity index is 902. The summed E-state index contributed by atoms with van der Waals surface area (Å²) in [4.78, 5) is 23.4. The molecule has 0 N–H and O–H groups in total. The van der Waals surface area contributed by atoms with Gasteiger partial charge in [-0.25, -0.2) is 4.79 Å². The minimum Gasteiger partial charge on any atom is -0.493 e. The number of ether oxygens (including phenoxy) is 5. The molecule has 1 aliphatic heterocycles. The Morgan fingerprint density at radius 3 is 2.64 bits per heavy atom. The van der Waals surface area contributed by atoms with Gasteiger partial charge in [0.05, 0.1) is 14.2 Å². The lowest BCUT2D eigenvalue weighted by Crippen LogP contribution is -2.10. The lowest BCUT2D eigenvalue weighted by atomic mass is 10.1. The molecule has 0 fully saturated rings. The summed E-state index contributed by atoms with van der Waals surface area (Å²) < 4.78 is 25.9. The van der Waals surface area contributed by atoms with Crippen molar-refractivity contribution in [2.75, 3.05) is 21.0 Å². The first-order valence-corrected chi connectivity index (χ1v) is 8.62. The number of hydrogen-bond donors (Lipinski definition) is 0. The highest BCUT2D eigenvalue weighted by molar-refractivity contribution is 5.87. The molecular formula is C21H20O7. The first-order valence-electron chi connectivity index (χ1n) is 8.62. The summed E-state index contributed by atoms with van der Waals surface area (Å²) >= 11 is 0. The van der Waals surface area contributed by atoms with Gasteiger partial charge in [-0.15, -0.1) is 0 Å². The van der Waals surface area contributed by atoms with E-state index in [1.807, 2.05) is 18.2 Å². The highest BCUT2D eigenvalue weighted by atomic mass is 16.7. The molecule has 0 aromatic heterocycles. The van der Waals surface area contributed by atoms with E-state index in [-0.39, 0.29) is 19.2 Å². The molecule has 1 aliphatic rings. The molecule has 3 rings (SSSR count). The predicted octanol–water partition coefficient (Wildman–Crippen LogP) is 3.15. The molecule has 2 aromatic rings. The maximum absolute atomic E-state index is 12.2. The first-order chi connectivity index (χ1) is 13.6. The average molecular weight is 384 g/mol. The standard InChI is InChI=1S/C21H20O7/c1-24-18-11-14(5-9-20(22)25-2)4-8-17(18)28-21(23)10-6-15-3-7-16-19(12-15)27-13-26-16/h3-5,7-9,11-12H,6,10,13H2,1-2H3/b9-5+. The van der Waals surface area contributed by atoms with Gasteiger partial charge in [-0.2, -0.15) is 0 Å². The third-order valence-electron chi connectivity index (χ3n) is 4.08. The van der Waals surface area contributed by atoms with Crippen molar-refractivity contribution in [2.45, 2.75) is 12.8 Å². The van der Waals surface area contributed by atoms with Crippen LogP contribution < -0.4 is 18.9 Å². The van der Waals surface area contributed by atoms with E-state index in [0.717, 1.165) is 5.56 Å². The number of carbonyl (C=O) groups excluding carboxylic acids is 2. The van der Waals surface area contributed by atoms with Crippen LogP contribution in [0.25, 0.3) is 6.08 Å². The topological polar surface area (TPSA) is 80.3 Å². The average Bonchev–Trinajstić information content (AvgIpc) is 3.19. The Morgan fingerprint density at radius 1 is 1.04 bits per heavy atom. The minimum absolute atomic E-state index is 0.201. The molecule has 0 atom stereocenters. The molecule has 146 valence electrons. The number of esters is 2. The van der Waals surface area contributed by atoms with Crippen molar-refractivity contribution in [1.82, 2.24) is 0 Å². The molecule has 28 heavy (non-hydrogen) atoms. The minimum atomic E-state index is -0.460. The van der Waals surface area contributed by atoms with Gasteiger partial charge >= 0.3 is 11.9 Å². The van der Waals surface area contributed by atoms with E-state index in [2.05, 4.69) is 4.74 Å². The lowest BCUT2D eigenvalue weighted by Gasteiger charge is -2.10. The summed E-state index contributed by atoms with van der Waals surface area (Å²) in [5.41, 5.74) is 1.67. The van der Waals surface area contributed by atoms with Crippen LogP contribution in [-0.4, -0.2) is 33.0 Å². The summed E-state index contributed by atoms with van der Waals surface area (Å²) in [6.07, 6.45) is 3.59. The third kappa shape index (κ3) is 4.82. The van der Waals surface area contributed by atoms with Crippen LogP contribution in [0.15, 0.2) is 42.5 Å². The zero-order chi connectivity index (χ0) is 19.9. The smallest absolute Gasteiger partial charge is 0.330 e. The van der Waals surface area contributed by atoms with E-state index in [1.54, 1.807) is 24.3 Å². The zero-order valence-electron chi connectivity index (χ0n) is 15.6. The monoisotopic (exact) mass is 384 g/mol. The fourth-order valence-corrected chi connectivity index (χ4v) is 2.62. The van der Waals surface area contributed by atoms with Crippen LogP contribution in [0.5, 0.6) is 23.0 Å². The molecule has 7 nitrogen and oxygen atoms in total. The van der Waals surface area contributed by atoms with Gasteiger partial charge in [-0.3, -0.25) is 4.79 Å². The van der Waals surface area contributed by atoms with Crippen molar-refractivity contribution < 1.29 is 33.3 Å². The van der Waals surface area contributed by atoms with Crippen LogP contribution in [0.3, 0.4) is 0 Å². The highest BCUT2D eigenvalue weighted by Crippen LogP contribution is 2.33. The Morgan fingerprint density at radius 2 is 1.86 bits per heavy atom. The summed E-state index contributed by atoms with van der Waals surface area (Å²) in [5, 5.41) is 0. The van der Waals surface area contributed by atoms with Crippen LogP contribution in [-0.2, 0) is 20.7 Å². The summed E-state index contributed by atoms with van der Waals surface area (Å²) in [6.45, 7) is 0.214. The first kappa shape index (κ1) is 19.3. The Balaban J connectivity index is 1.60. The van der Waals surface area contributed by atoms with Crippen LogP contribution >= 0.6 is 0 Å². The summed E-state index contributed by atoms with van der Waals surface area (Å²) in [7, 11) is 2.78. The van der Waals surface area contributed by atoms with Crippen molar-refractivity contribution in [2.24, 2.45) is 0 Å². The number of rotatable bonds is 7. The molecule has 0 saturated carbocycles. The number of aryl methyl sites for hydroxylation is 1. The molecule has 0 unspecified atom stereocenters. The van der Waals surface area contributed by atoms with E-state index >= 15 is 0 Å². The van der Waals surface area contributed by atoms with Crippen molar-refractivity contribution >= 4 is 18.0 Å². The molecule has 0 spiro atoms. The highest BCUT2D eigenvalue weighted by Gasteiger charge is 2.15. The Kier molecular flexibility index (Phi) is 6.16. The largest absolute Gasteiger partial charge is 0.493 e. The second kappa shape index (κ2) is 8.94. The number of fused-ring (bicyclic) bond motifs is 1. The van der Waals surface area contributed by atoms with Gasteiger partial charge in [-0.05, 0) is 47.9 Å². The number of carbonyl (C=O) groups is 2. The van der Waals surface area contributed by atoms with Gasteiger partial charge in [-0.1, -0.05) is 12.1 Å². The zero-order valence-corrected chi connectivity index (χ0v) is 15.6. The van der Waals surface area contributed by atoms with Gasteiger partial charge in [0.1, 0.15) is 0 Å². The molecule has 0 saturated heterocycles. The van der Waals surface area contributed by atoms with E-state index in [0.29, 0.717) is 35.0 Å². The molecule has 0 aliphatic carbocycles. The maximum Gasteiger partial charge on any atom is 0.330 e. The van der Waals surface area contributed by atoms with Gasteiger partial charge < -0.3 is 23.7 Å². The number of methoxy groups -OCH3 is 2. The lowest BCUT2D eigenvalue weighted by molar-refractivity contribution is -0.135. The number of benzene rings is 2. The summed E-state index contributed by atoms with van der Waals surface area (Å²) in [6, 6.07) is 10.6. The fourth-order valence-electron chi connectivity index (χ4n) is 2.62. The van der Waals surface area contributed by atoms with Crippen molar-refractivity contribution in [3.8, 4) is 23.0 Å². The van der Waals surface area contributed by atoms with Crippen LogP contribution in [0.4, 0.5) is 0 Å². The molecule has 7 heteroatoms. The van der Waals surface area contributed by atoms with Gasteiger partial charge in [0.25, 0.3) is 0 Å². The van der Waals surface area contributed by atoms with Gasteiger partial charge in [0.15, 0.2) is 23.0 Å². The van der Waals surface area contributed by atoms with Crippen LogP contribution in [0.2, 0.25) is 0 Å². The Labute approximate surface area is 162 Å². The van der Waals surface area contributed by atoms with E-state index in [4.69, 9.17) is 18.9 Å². The van der Waals surface area contributed by atoms with Gasteiger partial charge in [0.2, 0.25) is 6.79 Å². The van der Waals surface area contributed by atoms with Crippen molar-refractivity contribution in [3.05, 3.63) is 53.6 Å². The molecule has 2 aromatic carbocycles. The molecule has 0 radical (unpaired) electrons. The Hall–Kier alpha value is -3.48. The quantitative estimate of drug-likeness (QED) is 0.412. The molecular weight excluding hydrogens is 364 g/mol. The van der Waals surface area contributed by atoms with Crippen molar-refractivity contribution in [3.63, 3.8) is 0 Å². The predicted molar refractivity (Wildman–Crippen MR) is 101 cm³/mol. The van der Waals surface area contributed by atoms with Crippen molar-refractivity contribution in [1.29, 1.82) is 0 Å². The van der Waals surface area contributed by atoms with Crippen LogP contribution in [0, 0.1) is 0 Å². The molecule has 1 heterocycles. The fraction of sp³-hybridized carbons (Fsp3) is 0.238. The summed E-state index contributed by atoms with van der Waals surface area (Å²) in [5.74, 6) is 1.25. The third-order valence-corrected chi connectivity index (χ3v) is 4.08. The van der Waals surface area contributed by atoms with Crippen LogP contribution in [0.1, 0.15) is 17.5 Å². The number of hydrogen-bond acceptors (Lipinski definition) is 7. The maximum atomic E-state index is 12.2. The normalized spacial score (nSPS) is 12.1. The van der Waals surface area contributed by atoms with Gasteiger partial charge in [0, 0.05) is 12.5 Å².